The van der Waals surface area contributed by atoms with Gasteiger partial charge in [0.25, 0.3) is 0 Å². The molecule has 0 aliphatic heterocycles. The van der Waals surface area contributed by atoms with Crippen LogP contribution in [-0.2, 0) is 41.1 Å². The molecule has 0 aromatic heterocycles. The molecule has 0 fully saturated rings. The maximum absolute atomic E-state index is 3.53. The molecular weight excluding hydrogens is 718 g/mol. The Morgan fingerprint density at radius 3 is 1.69 bits per heavy atom. The molecule has 6 rings (SSSR count). The van der Waals surface area contributed by atoms with Crippen LogP contribution in [0.4, 0.5) is 0 Å². The molecule has 0 spiro atoms. The van der Waals surface area contributed by atoms with Crippen LogP contribution in [0, 0.1) is 12.1 Å². The standard InChI is InChI=1S/C21H25.C13H10.C5H5.2ClH.Hf/c1-20(2,3)16-9-7-14-11-15-8-10-17(21(4,5)6)13-19(15)18(14)12-16;1-3-7-12(8-4-1)11-13-9-5-2-6-10-13;1-2-4-5-3-1;;;/h7,9-10,12-13H,11H2,1-6H3;1-10H;1-3H,4H2;2*1H;/q-1;;-1;;;+2. The van der Waals surface area contributed by atoms with Crippen molar-refractivity contribution >= 4 is 28.1 Å². The predicted molar refractivity (Wildman–Crippen MR) is 183 cm³/mol. The number of hydrogen-bond donors (Lipinski definition) is 0. The van der Waals surface area contributed by atoms with Gasteiger partial charge in [-0.2, -0.15) is 35.4 Å². The van der Waals surface area contributed by atoms with Gasteiger partial charge in [-0.1, -0.05) is 76.3 Å². The molecule has 2 aliphatic carbocycles. The predicted octanol–water partition coefficient (Wildman–Crippen LogP) is 10.6. The zero-order valence-electron chi connectivity index (χ0n) is 25.6. The maximum atomic E-state index is 3.53. The van der Waals surface area contributed by atoms with Crippen LogP contribution in [0.15, 0.2) is 109 Å². The third-order valence-electron chi connectivity index (χ3n) is 7.24. The van der Waals surface area contributed by atoms with Gasteiger partial charge in [0, 0.05) is 0 Å². The van der Waals surface area contributed by atoms with E-state index in [0.29, 0.717) is 0 Å². The fourth-order valence-corrected chi connectivity index (χ4v) is 5.90. The van der Waals surface area contributed by atoms with Crippen molar-refractivity contribution in [3.8, 4) is 11.1 Å². The monoisotopic (exact) mass is 760 g/mol. The average molecular weight is 760 g/mol. The summed E-state index contributed by atoms with van der Waals surface area (Å²) in [6.07, 6.45) is 11.0. The van der Waals surface area contributed by atoms with Crippen LogP contribution in [-0.4, -0.2) is 3.26 Å². The van der Waals surface area contributed by atoms with E-state index in [1.165, 1.54) is 47.8 Å². The summed E-state index contributed by atoms with van der Waals surface area (Å²) in [6.45, 7) is 13.6. The van der Waals surface area contributed by atoms with Gasteiger partial charge in [-0.25, -0.2) is 12.2 Å². The normalized spacial score (nSPS) is 12.4. The van der Waals surface area contributed by atoms with E-state index < -0.39 is 0 Å². The fraction of sp³-hybridized carbons (Fsp3) is 0.256. The van der Waals surface area contributed by atoms with Crippen LogP contribution in [0.5, 0.6) is 0 Å². The van der Waals surface area contributed by atoms with E-state index in [9.17, 15) is 0 Å². The molecule has 0 saturated carbocycles. The quantitative estimate of drug-likeness (QED) is 0.124. The Morgan fingerprint density at radius 2 is 1.24 bits per heavy atom. The van der Waals surface area contributed by atoms with Crippen molar-refractivity contribution < 1.29 is 23.9 Å². The van der Waals surface area contributed by atoms with E-state index in [1.807, 2.05) is 12.2 Å². The van der Waals surface area contributed by atoms with Gasteiger partial charge in [-0.05, 0) is 17.4 Å². The zero-order valence-corrected chi connectivity index (χ0v) is 30.8. The first kappa shape index (κ1) is 35.9. The fourth-order valence-electron chi connectivity index (χ4n) is 4.70. The van der Waals surface area contributed by atoms with Gasteiger partial charge in [0.05, 0.1) is 0 Å². The van der Waals surface area contributed by atoms with Crippen molar-refractivity contribution in [3.05, 3.63) is 155 Å². The molecule has 0 saturated heterocycles. The third kappa shape index (κ3) is 9.60. The number of hydrogen-bond acceptors (Lipinski definition) is 0. The number of fused-ring (bicyclic) bond motifs is 3. The molecule has 4 aromatic carbocycles. The number of allylic oxidation sites excluding steroid dienone is 4. The Kier molecular flexibility index (Phi) is 13.6. The molecule has 0 atom stereocenters. The average Bonchev–Trinajstić information content (AvgIpc) is 3.64. The van der Waals surface area contributed by atoms with Gasteiger partial charge in [-0.3, -0.25) is 6.08 Å². The summed E-state index contributed by atoms with van der Waals surface area (Å²) in [5, 5.41) is 0. The van der Waals surface area contributed by atoms with E-state index >= 15 is 0 Å². The summed E-state index contributed by atoms with van der Waals surface area (Å²) >= 11 is 1.08. The van der Waals surface area contributed by atoms with Crippen molar-refractivity contribution in [2.75, 3.05) is 0 Å². The van der Waals surface area contributed by atoms with Gasteiger partial charge in [-0.15, -0.1) is 36.8 Å². The third-order valence-corrected chi connectivity index (χ3v) is 9.31. The van der Waals surface area contributed by atoms with Crippen LogP contribution in [0.2, 0.25) is 0 Å². The topological polar surface area (TPSA) is 0 Å². The minimum atomic E-state index is 0. The summed E-state index contributed by atoms with van der Waals surface area (Å²) in [4.78, 5) is 0. The van der Waals surface area contributed by atoms with Crippen LogP contribution in [0.25, 0.3) is 11.1 Å². The summed E-state index contributed by atoms with van der Waals surface area (Å²) in [7, 11) is 0. The molecule has 3 heteroatoms. The van der Waals surface area contributed by atoms with Gasteiger partial charge in [0.2, 0.25) is 0 Å². The van der Waals surface area contributed by atoms with Crippen molar-refractivity contribution in [1.82, 2.24) is 0 Å². The van der Waals surface area contributed by atoms with Crippen molar-refractivity contribution in [1.29, 1.82) is 0 Å². The van der Waals surface area contributed by atoms with Crippen molar-refractivity contribution in [2.24, 2.45) is 0 Å². The van der Waals surface area contributed by atoms with E-state index in [0.717, 1.165) is 36.7 Å². The summed E-state index contributed by atoms with van der Waals surface area (Å²) < 4.78 is 1.46. The van der Waals surface area contributed by atoms with Crippen LogP contribution < -0.4 is 0 Å². The van der Waals surface area contributed by atoms with Gasteiger partial charge < -0.3 is 0 Å². The first-order chi connectivity index (χ1) is 19.0. The van der Waals surface area contributed by atoms with Crippen LogP contribution >= 0.6 is 24.8 Å². The Labute approximate surface area is 281 Å². The molecule has 0 radical (unpaired) electrons. The Hall–Kier alpha value is -2.32. The molecule has 0 nitrogen and oxygen atoms in total. The van der Waals surface area contributed by atoms with Crippen LogP contribution in [0.1, 0.15) is 81.3 Å². The van der Waals surface area contributed by atoms with Gasteiger partial charge >= 0.3 is 98.9 Å². The molecule has 0 bridgehead atoms. The molecular formula is C39H42Cl2Hf. The molecule has 2 aliphatic rings. The van der Waals surface area contributed by atoms with E-state index in [2.05, 4.69) is 151 Å². The van der Waals surface area contributed by atoms with E-state index in [1.54, 1.807) is 0 Å². The first-order valence-corrected chi connectivity index (χ1v) is 15.9. The number of halogens is 2. The number of rotatable bonds is 2. The molecule has 0 heterocycles. The Morgan fingerprint density at radius 1 is 0.690 bits per heavy atom. The molecule has 0 unspecified atom stereocenters. The summed E-state index contributed by atoms with van der Waals surface area (Å²) in [5.74, 6) is 0. The first-order valence-electron chi connectivity index (χ1n) is 14.1. The van der Waals surface area contributed by atoms with Gasteiger partial charge in [0.1, 0.15) is 0 Å². The molecule has 4 aromatic rings. The van der Waals surface area contributed by atoms with Crippen molar-refractivity contribution in [2.45, 2.75) is 65.2 Å². The van der Waals surface area contributed by atoms with Crippen molar-refractivity contribution in [3.63, 3.8) is 0 Å². The second-order valence-corrected chi connectivity index (χ2v) is 14.2. The van der Waals surface area contributed by atoms with E-state index in [-0.39, 0.29) is 35.6 Å². The second-order valence-electron chi connectivity index (χ2n) is 12.4. The summed E-state index contributed by atoms with van der Waals surface area (Å²) in [6, 6.07) is 36.3. The minimum absolute atomic E-state index is 0. The Balaban J connectivity index is 0.000000253. The van der Waals surface area contributed by atoms with Crippen LogP contribution in [0.3, 0.4) is 0 Å². The molecule has 216 valence electrons. The second kappa shape index (κ2) is 15.9. The molecule has 42 heavy (non-hydrogen) atoms. The van der Waals surface area contributed by atoms with E-state index in [4.69, 9.17) is 0 Å². The zero-order chi connectivity index (χ0) is 28.8. The summed E-state index contributed by atoms with van der Waals surface area (Å²) in [5.41, 5.74) is 11.5. The molecule has 0 amide bonds. The van der Waals surface area contributed by atoms with Gasteiger partial charge in [0.15, 0.2) is 0 Å². The number of benzene rings is 4. The Bertz CT molecular complexity index is 1390. The molecule has 0 N–H and O–H groups in total. The SMILES string of the molecule is CC(C)(C)c1c[c-]c2c(c1)-c1cc(C(C)(C)C)ccc1C2.Cl.Cl.[C-]1=CC=CC1.[Hf+2]=[C](c1ccccc1)c1ccccc1.